The Morgan fingerprint density at radius 3 is 2.63 bits per heavy atom. The van der Waals surface area contributed by atoms with Gasteiger partial charge in [-0.25, -0.2) is 13.6 Å². The third-order valence-electron chi connectivity index (χ3n) is 3.70. The van der Waals surface area contributed by atoms with Gasteiger partial charge in [-0.05, 0) is 12.0 Å². The highest BCUT2D eigenvalue weighted by atomic mass is 19.3. The van der Waals surface area contributed by atoms with Crippen LogP contribution in [0.3, 0.4) is 0 Å². The number of carbonyl (C=O) groups is 1. The van der Waals surface area contributed by atoms with Gasteiger partial charge in [-0.1, -0.05) is 37.3 Å². The molecule has 0 bridgehead atoms. The Labute approximate surface area is 110 Å². The molecule has 2 unspecified atom stereocenters. The van der Waals surface area contributed by atoms with Crippen molar-refractivity contribution in [3.63, 3.8) is 0 Å². The predicted molar refractivity (Wildman–Crippen MR) is 67.4 cm³/mol. The Balaban J connectivity index is 2.17. The van der Waals surface area contributed by atoms with Crippen LogP contribution in [0, 0.1) is 5.92 Å². The van der Waals surface area contributed by atoms with E-state index in [1.54, 1.807) is 0 Å². The maximum atomic E-state index is 13.8. The Kier molecular flexibility index (Phi) is 3.73. The molecule has 2 atom stereocenters. The first-order valence-corrected chi connectivity index (χ1v) is 6.31. The lowest BCUT2D eigenvalue weighted by Gasteiger charge is -2.41. The number of nitrogens with zero attached hydrogens (tertiary/aromatic N) is 1. The van der Waals surface area contributed by atoms with Crippen LogP contribution in [-0.4, -0.2) is 34.6 Å². The van der Waals surface area contributed by atoms with Gasteiger partial charge in [0, 0.05) is 24.9 Å². The summed E-state index contributed by atoms with van der Waals surface area (Å²) in [6.45, 7) is 1.29. The predicted octanol–water partition coefficient (Wildman–Crippen LogP) is 3.25. The molecule has 0 aliphatic carbocycles. The summed E-state index contributed by atoms with van der Waals surface area (Å²) < 4.78 is 27.5. The van der Waals surface area contributed by atoms with Gasteiger partial charge in [0.1, 0.15) is 0 Å². The Hall–Kier alpha value is -1.65. The molecule has 0 saturated carbocycles. The minimum absolute atomic E-state index is 0.111. The molecule has 1 aliphatic heterocycles. The molecule has 104 valence electrons. The lowest BCUT2D eigenvalue weighted by Crippen LogP contribution is -2.54. The number of rotatable bonds is 2. The molecule has 2 rings (SSSR count). The van der Waals surface area contributed by atoms with Gasteiger partial charge in [0.25, 0.3) is 5.92 Å². The molecule has 0 aromatic heterocycles. The molecule has 1 aliphatic rings. The highest BCUT2D eigenvalue weighted by Gasteiger charge is 2.47. The molecule has 1 saturated heterocycles. The third kappa shape index (κ3) is 3.03. The number of halogens is 2. The first-order chi connectivity index (χ1) is 8.90. The smallest absolute Gasteiger partial charge is 0.407 e. The molecule has 1 aromatic carbocycles. The fraction of sp³-hybridized carbons (Fsp3) is 0.500. The lowest BCUT2D eigenvalue weighted by molar-refractivity contribution is -0.112. The van der Waals surface area contributed by atoms with Crippen molar-refractivity contribution >= 4 is 6.09 Å². The molecule has 1 heterocycles. The summed E-state index contributed by atoms with van der Waals surface area (Å²) in [5.74, 6) is -3.73. The number of alkyl halides is 2. The molecule has 0 radical (unpaired) electrons. The van der Waals surface area contributed by atoms with E-state index in [4.69, 9.17) is 5.11 Å². The minimum Gasteiger partial charge on any atom is -0.465 e. The zero-order chi connectivity index (χ0) is 14.0. The van der Waals surface area contributed by atoms with Crippen molar-refractivity contribution in [2.75, 3.05) is 6.54 Å². The third-order valence-corrected chi connectivity index (χ3v) is 3.70. The lowest BCUT2D eigenvalue weighted by atomic mass is 9.87. The number of piperidine rings is 1. The average Bonchev–Trinajstić information content (AvgIpc) is 2.34. The van der Waals surface area contributed by atoms with E-state index in [9.17, 15) is 13.6 Å². The Morgan fingerprint density at radius 1 is 1.42 bits per heavy atom. The van der Waals surface area contributed by atoms with Crippen LogP contribution < -0.4 is 0 Å². The second-order valence-corrected chi connectivity index (χ2v) is 5.14. The molecule has 1 fully saturated rings. The Morgan fingerprint density at radius 2 is 2.05 bits per heavy atom. The summed E-state index contributed by atoms with van der Waals surface area (Å²) in [4.78, 5) is 12.3. The topological polar surface area (TPSA) is 40.5 Å². The van der Waals surface area contributed by atoms with Crippen LogP contribution in [0.4, 0.5) is 13.6 Å². The van der Waals surface area contributed by atoms with E-state index in [1.807, 2.05) is 30.3 Å². The van der Waals surface area contributed by atoms with Gasteiger partial charge >= 0.3 is 6.09 Å². The van der Waals surface area contributed by atoms with Gasteiger partial charge < -0.3 is 10.0 Å². The van der Waals surface area contributed by atoms with Crippen LogP contribution in [0.1, 0.15) is 18.9 Å². The van der Waals surface area contributed by atoms with Crippen molar-refractivity contribution in [1.29, 1.82) is 0 Å². The Bertz CT molecular complexity index is 450. The molecule has 3 nitrogen and oxygen atoms in total. The zero-order valence-corrected chi connectivity index (χ0v) is 10.7. The minimum atomic E-state index is -2.80. The van der Waals surface area contributed by atoms with E-state index in [2.05, 4.69) is 0 Å². The summed E-state index contributed by atoms with van der Waals surface area (Å²) in [6.07, 6.45) is -1.20. The van der Waals surface area contributed by atoms with Gasteiger partial charge in [-0.3, -0.25) is 0 Å². The number of hydrogen-bond donors (Lipinski definition) is 1. The van der Waals surface area contributed by atoms with E-state index in [0.29, 0.717) is 6.42 Å². The van der Waals surface area contributed by atoms with Crippen LogP contribution >= 0.6 is 0 Å². The second-order valence-electron chi connectivity index (χ2n) is 5.14. The zero-order valence-electron chi connectivity index (χ0n) is 10.7. The highest BCUT2D eigenvalue weighted by molar-refractivity contribution is 5.65. The van der Waals surface area contributed by atoms with E-state index < -0.39 is 30.4 Å². The quantitative estimate of drug-likeness (QED) is 0.895. The van der Waals surface area contributed by atoms with Crippen LogP contribution in [0.5, 0.6) is 0 Å². The fourth-order valence-electron chi connectivity index (χ4n) is 2.51. The van der Waals surface area contributed by atoms with Gasteiger partial charge in [-0.15, -0.1) is 0 Å². The molecule has 5 heteroatoms. The summed E-state index contributed by atoms with van der Waals surface area (Å²) in [5.41, 5.74) is 0.879. The summed E-state index contributed by atoms with van der Waals surface area (Å²) in [7, 11) is 0. The monoisotopic (exact) mass is 269 g/mol. The maximum Gasteiger partial charge on any atom is 0.407 e. The molecule has 0 spiro atoms. The van der Waals surface area contributed by atoms with Crippen LogP contribution in [0.15, 0.2) is 30.3 Å². The summed E-state index contributed by atoms with van der Waals surface area (Å²) in [5, 5.41) is 9.16. The molecular weight excluding hydrogens is 252 g/mol. The van der Waals surface area contributed by atoms with Gasteiger partial charge in [0.15, 0.2) is 0 Å². The van der Waals surface area contributed by atoms with E-state index in [1.165, 1.54) is 6.92 Å². The van der Waals surface area contributed by atoms with E-state index in [-0.39, 0.29) is 6.54 Å². The van der Waals surface area contributed by atoms with E-state index >= 15 is 0 Å². The standard InChI is InChI=1S/C14H17F2NO2/c1-10-9-17(13(18)19)12(8-14(10,15)16)7-11-5-3-2-4-6-11/h2-6,10,12H,7-9H2,1H3,(H,18,19). The van der Waals surface area contributed by atoms with Crippen LogP contribution in [0.2, 0.25) is 0 Å². The first kappa shape index (κ1) is 13.8. The maximum absolute atomic E-state index is 13.8. The average molecular weight is 269 g/mol. The highest BCUT2D eigenvalue weighted by Crippen LogP contribution is 2.37. The number of amides is 1. The normalized spacial score (nSPS) is 26.2. The van der Waals surface area contributed by atoms with Crippen molar-refractivity contribution in [1.82, 2.24) is 4.90 Å². The molecular formula is C14H17F2NO2. The van der Waals surface area contributed by atoms with Crippen molar-refractivity contribution in [2.24, 2.45) is 5.92 Å². The van der Waals surface area contributed by atoms with Gasteiger partial charge in [0.2, 0.25) is 0 Å². The van der Waals surface area contributed by atoms with Crippen molar-refractivity contribution in [3.8, 4) is 0 Å². The van der Waals surface area contributed by atoms with Crippen molar-refractivity contribution in [2.45, 2.75) is 31.7 Å². The first-order valence-electron chi connectivity index (χ1n) is 6.31. The van der Waals surface area contributed by atoms with Gasteiger partial charge in [0.05, 0.1) is 0 Å². The van der Waals surface area contributed by atoms with Gasteiger partial charge in [-0.2, -0.15) is 0 Å². The van der Waals surface area contributed by atoms with E-state index in [0.717, 1.165) is 10.5 Å². The van der Waals surface area contributed by atoms with Crippen LogP contribution in [0.25, 0.3) is 0 Å². The summed E-state index contributed by atoms with van der Waals surface area (Å²) >= 11 is 0. The van der Waals surface area contributed by atoms with Crippen molar-refractivity contribution in [3.05, 3.63) is 35.9 Å². The SMILES string of the molecule is CC1CN(C(=O)O)C(Cc2ccccc2)CC1(F)F. The van der Waals surface area contributed by atoms with Crippen LogP contribution in [-0.2, 0) is 6.42 Å². The molecule has 19 heavy (non-hydrogen) atoms. The molecule has 1 N–H and O–H groups in total. The fourth-order valence-corrected chi connectivity index (χ4v) is 2.51. The number of likely N-dealkylation sites (tertiary alicyclic amines) is 1. The number of benzene rings is 1. The molecule has 1 amide bonds. The van der Waals surface area contributed by atoms with Crippen molar-refractivity contribution < 1.29 is 18.7 Å². The number of carboxylic acid groups (broad SMARTS) is 1. The number of hydrogen-bond acceptors (Lipinski definition) is 1. The molecule has 1 aromatic rings. The largest absolute Gasteiger partial charge is 0.465 e. The summed E-state index contributed by atoms with van der Waals surface area (Å²) in [6, 6.07) is 8.49. The second kappa shape index (κ2) is 5.15.